The Hall–Kier alpha value is -3.21. The molecular weight excluding hydrogens is 460 g/mol. The Bertz CT molecular complexity index is 1250. The fourth-order valence-electron chi connectivity index (χ4n) is 8.20. The van der Waals surface area contributed by atoms with Crippen molar-refractivity contribution in [2.75, 3.05) is 0 Å². The maximum absolute atomic E-state index is 12.5. The van der Waals surface area contributed by atoms with Crippen LogP contribution in [-0.4, -0.2) is 23.1 Å². The molecule has 0 unspecified atom stereocenters. The van der Waals surface area contributed by atoms with Gasteiger partial charge >= 0.3 is 6.09 Å². The summed E-state index contributed by atoms with van der Waals surface area (Å²) in [7, 11) is 0. The summed E-state index contributed by atoms with van der Waals surface area (Å²) in [6.07, 6.45) is 15.4. The molecule has 4 aliphatic carbocycles. The van der Waals surface area contributed by atoms with Crippen molar-refractivity contribution in [3.05, 3.63) is 83.7 Å². The number of alkyl carbamates (subject to hydrolysis) is 1. The second-order valence-corrected chi connectivity index (χ2v) is 11.9. The predicted octanol–water partition coefficient (Wildman–Crippen LogP) is 6.97. The van der Waals surface area contributed by atoms with Crippen LogP contribution in [0.3, 0.4) is 0 Å². The fraction of sp³-hybridized carbons (Fsp3) is 0.469. The average Bonchev–Trinajstić information content (AvgIpc) is 3.27. The Morgan fingerprint density at radius 2 is 1.76 bits per heavy atom. The van der Waals surface area contributed by atoms with E-state index < -0.39 is 12.0 Å². The molecule has 4 aliphatic rings. The number of rotatable bonds is 3. The number of aromatic nitrogens is 1. The Balaban J connectivity index is 1.13. The SMILES string of the molecule is C[C@]12CC[C@H](OC(=O)NC(=O)c3ccccc3)CC1=CC[C@@H]1[C@@H]2CC[C@]2(C)C(c3cccnc3)=CC[C@@H]12. The first-order chi connectivity index (χ1) is 17.9. The van der Waals surface area contributed by atoms with Crippen molar-refractivity contribution < 1.29 is 14.3 Å². The van der Waals surface area contributed by atoms with E-state index in [4.69, 9.17) is 4.74 Å². The number of amides is 2. The van der Waals surface area contributed by atoms with Crippen LogP contribution < -0.4 is 5.32 Å². The van der Waals surface area contributed by atoms with Crippen LogP contribution in [0.4, 0.5) is 4.79 Å². The maximum Gasteiger partial charge on any atom is 0.414 e. The lowest BCUT2D eigenvalue weighted by Gasteiger charge is -2.57. The van der Waals surface area contributed by atoms with E-state index in [-0.39, 0.29) is 16.9 Å². The van der Waals surface area contributed by atoms with E-state index in [1.54, 1.807) is 24.3 Å². The van der Waals surface area contributed by atoms with Gasteiger partial charge in [0.15, 0.2) is 0 Å². The molecule has 5 heteroatoms. The molecule has 0 bridgehead atoms. The van der Waals surface area contributed by atoms with Crippen LogP contribution in [0.25, 0.3) is 5.57 Å². The third-order valence-corrected chi connectivity index (χ3v) is 10.1. The Morgan fingerprint density at radius 1 is 0.946 bits per heavy atom. The summed E-state index contributed by atoms with van der Waals surface area (Å²) in [6, 6.07) is 13.0. The summed E-state index contributed by atoms with van der Waals surface area (Å²) in [6.45, 7) is 4.94. The Labute approximate surface area is 219 Å². The molecule has 0 aliphatic heterocycles. The third kappa shape index (κ3) is 4.13. The minimum absolute atomic E-state index is 0.164. The van der Waals surface area contributed by atoms with Crippen molar-refractivity contribution in [2.24, 2.45) is 28.6 Å². The van der Waals surface area contributed by atoms with Crippen molar-refractivity contribution >= 4 is 17.6 Å². The van der Waals surface area contributed by atoms with Gasteiger partial charge in [-0.3, -0.25) is 15.1 Å². The van der Waals surface area contributed by atoms with Gasteiger partial charge in [0.2, 0.25) is 0 Å². The van der Waals surface area contributed by atoms with Crippen LogP contribution in [0.2, 0.25) is 0 Å². The molecule has 0 radical (unpaired) electrons. The molecule has 5 nitrogen and oxygen atoms in total. The predicted molar refractivity (Wildman–Crippen MR) is 143 cm³/mol. The minimum Gasteiger partial charge on any atom is -0.446 e. The highest BCUT2D eigenvalue weighted by Crippen LogP contribution is 2.66. The number of carbonyl (C=O) groups excluding carboxylic acids is 2. The van der Waals surface area contributed by atoms with E-state index in [9.17, 15) is 9.59 Å². The summed E-state index contributed by atoms with van der Waals surface area (Å²) in [5.41, 5.74) is 5.07. The van der Waals surface area contributed by atoms with Crippen molar-refractivity contribution in [3.8, 4) is 0 Å². The van der Waals surface area contributed by atoms with Gasteiger partial charge in [-0.05, 0) is 96.4 Å². The number of benzene rings is 1. The number of carbonyl (C=O) groups is 2. The fourth-order valence-corrected chi connectivity index (χ4v) is 8.20. The average molecular weight is 497 g/mol. The van der Waals surface area contributed by atoms with E-state index in [0.717, 1.165) is 32.1 Å². The second-order valence-electron chi connectivity index (χ2n) is 11.9. The Morgan fingerprint density at radius 3 is 2.54 bits per heavy atom. The van der Waals surface area contributed by atoms with Gasteiger partial charge in [-0.15, -0.1) is 0 Å². The van der Waals surface area contributed by atoms with Crippen LogP contribution in [0.5, 0.6) is 0 Å². The highest BCUT2D eigenvalue weighted by atomic mass is 16.6. The van der Waals surface area contributed by atoms with Crippen molar-refractivity contribution in [2.45, 2.75) is 64.9 Å². The zero-order valence-electron chi connectivity index (χ0n) is 21.8. The van der Waals surface area contributed by atoms with Gasteiger partial charge in [0.1, 0.15) is 6.10 Å². The Kier molecular flexibility index (Phi) is 6.05. The van der Waals surface area contributed by atoms with Crippen molar-refractivity contribution in [1.29, 1.82) is 0 Å². The first-order valence-corrected chi connectivity index (χ1v) is 13.8. The minimum atomic E-state index is -0.648. The summed E-state index contributed by atoms with van der Waals surface area (Å²) >= 11 is 0. The van der Waals surface area contributed by atoms with E-state index in [1.165, 1.54) is 29.6 Å². The molecule has 6 atom stereocenters. The lowest BCUT2D eigenvalue weighted by atomic mass is 9.47. The van der Waals surface area contributed by atoms with Gasteiger partial charge in [0.05, 0.1) is 0 Å². The van der Waals surface area contributed by atoms with E-state index in [2.05, 4.69) is 42.4 Å². The molecule has 1 aromatic heterocycles. The van der Waals surface area contributed by atoms with E-state index in [0.29, 0.717) is 23.3 Å². The number of hydrogen-bond acceptors (Lipinski definition) is 4. The highest BCUT2D eigenvalue weighted by molar-refractivity contribution is 6.02. The molecule has 2 amide bonds. The lowest BCUT2D eigenvalue weighted by molar-refractivity contribution is -0.0261. The first kappa shape index (κ1) is 24.1. The number of allylic oxidation sites excluding steroid dienone is 3. The van der Waals surface area contributed by atoms with Gasteiger partial charge in [-0.2, -0.15) is 0 Å². The van der Waals surface area contributed by atoms with Crippen LogP contribution in [0.1, 0.15) is 74.7 Å². The molecular formula is C32H36N2O3. The molecule has 0 saturated heterocycles. The molecule has 1 N–H and O–H groups in total. The molecule has 192 valence electrons. The zero-order valence-corrected chi connectivity index (χ0v) is 21.8. The summed E-state index contributed by atoms with van der Waals surface area (Å²) in [4.78, 5) is 29.2. The molecule has 6 rings (SSSR count). The largest absolute Gasteiger partial charge is 0.446 e. The molecule has 2 saturated carbocycles. The first-order valence-electron chi connectivity index (χ1n) is 13.8. The van der Waals surface area contributed by atoms with Gasteiger partial charge in [0, 0.05) is 24.4 Å². The number of pyridine rings is 1. The van der Waals surface area contributed by atoms with Gasteiger partial charge in [-0.25, -0.2) is 4.79 Å². The highest BCUT2D eigenvalue weighted by Gasteiger charge is 2.57. The molecule has 1 aromatic carbocycles. The van der Waals surface area contributed by atoms with Crippen LogP contribution in [-0.2, 0) is 4.74 Å². The van der Waals surface area contributed by atoms with Gasteiger partial charge in [-0.1, -0.05) is 55.8 Å². The number of ether oxygens (including phenoxy) is 1. The van der Waals surface area contributed by atoms with Gasteiger partial charge in [0.25, 0.3) is 5.91 Å². The number of nitrogens with zero attached hydrogens (tertiary/aromatic N) is 1. The van der Waals surface area contributed by atoms with Crippen LogP contribution in [0, 0.1) is 28.6 Å². The summed E-state index contributed by atoms with van der Waals surface area (Å²) in [5.74, 6) is 1.59. The number of imide groups is 1. The van der Waals surface area contributed by atoms with Crippen LogP contribution in [0.15, 0.2) is 72.6 Å². The van der Waals surface area contributed by atoms with Gasteiger partial charge < -0.3 is 4.74 Å². The summed E-state index contributed by atoms with van der Waals surface area (Å²) < 4.78 is 5.74. The third-order valence-electron chi connectivity index (χ3n) is 10.1. The van der Waals surface area contributed by atoms with Crippen molar-refractivity contribution in [3.63, 3.8) is 0 Å². The molecule has 1 heterocycles. The smallest absolute Gasteiger partial charge is 0.414 e. The normalized spacial score (nSPS) is 34.2. The molecule has 2 aromatic rings. The standard InChI is InChI=1S/C32H36N2O3/c1-31-16-14-24(37-30(36)34-29(35)21-7-4-3-5-8-21)19-23(31)10-11-25-27-13-12-26(22-9-6-18-33-20-22)32(27,2)17-15-28(25)31/h3-10,12,18,20,24-25,27-28H,11,13-17,19H2,1-2H3,(H,34,35,36)/t24-,25-,27-,28-,31-,32+/m0/s1. The summed E-state index contributed by atoms with van der Waals surface area (Å²) in [5, 5.41) is 2.39. The van der Waals surface area contributed by atoms with E-state index in [1.807, 2.05) is 24.5 Å². The van der Waals surface area contributed by atoms with E-state index >= 15 is 0 Å². The molecule has 0 spiro atoms. The number of fused-ring (bicyclic) bond motifs is 5. The lowest BCUT2D eigenvalue weighted by Crippen LogP contribution is -2.50. The molecule has 37 heavy (non-hydrogen) atoms. The number of nitrogens with one attached hydrogen (secondary N) is 1. The van der Waals surface area contributed by atoms with Crippen molar-refractivity contribution in [1.82, 2.24) is 10.3 Å². The number of hydrogen-bond donors (Lipinski definition) is 1. The quantitative estimate of drug-likeness (QED) is 0.466. The maximum atomic E-state index is 12.5. The molecule has 2 fully saturated rings. The second kappa shape index (κ2) is 9.27. The zero-order chi connectivity index (χ0) is 25.6. The topological polar surface area (TPSA) is 68.3 Å². The monoisotopic (exact) mass is 496 g/mol. The van der Waals surface area contributed by atoms with Crippen LogP contribution >= 0.6 is 0 Å².